The lowest BCUT2D eigenvalue weighted by atomic mass is 10.2. The molecule has 1 saturated carbocycles. The van der Waals surface area contributed by atoms with E-state index in [1.165, 1.54) is 12.8 Å². The molecule has 3 N–H and O–H groups in total. The van der Waals surface area contributed by atoms with E-state index in [0.29, 0.717) is 19.0 Å². The second-order valence-electron chi connectivity index (χ2n) is 5.38. The van der Waals surface area contributed by atoms with Crippen LogP contribution in [-0.2, 0) is 4.79 Å². The van der Waals surface area contributed by atoms with Crippen LogP contribution in [0, 0.1) is 0 Å². The average molecular weight is 321 g/mol. The fourth-order valence-corrected chi connectivity index (χ4v) is 3.13. The van der Waals surface area contributed by atoms with Gasteiger partial charge in [0.25, 0.3) is 0 Å². The average Bonchev–Trinajstić information content (AvgIpc) is 3.00. The highest BCUT2D eigenvalue weighted by atomic mass is 32.2. The first kappa shape index (κ1) is 16.7. The van der Waals surface area contributed by atoms with Crippen LogP contribution in [0.3, 0.4) is 0 Å². The zero-order valence-corrected chi connectivity index (χ0v) is 13.7. The van der Waals surface area contributed by atoms with Crippen LogP contribution in [0.4, 0.5) is 10.5 Å². The third-order valence-corrected chi connectivity index (χ3v) is 4.51. The summed E-state index contributed by atoms with van der Waals surface area (Å²) in [5.41, 5.74) is 0.780. The molecule has 0 aliphatic heterocycles. The van der Waals surface area contributed by atoms with Gasteiger partial charge in [-0.3, -0.25) is 4.79 Å². The van der Waals surface area contributed by atoms with Gasteiger partial charge in [-0.2, -0.15) is 0 Å². The molecule has 2 rings (SSSR count). The molecule has 5 nitrogen and oxygen atoms in total. The number of carbonyl (C=O) groups is 2. The molecule has 1 aliphatic rings. The third-order valence-electron chi connectivity index (χ3n) is 3.71. The Morgan fingerprint density at radius 2 is 1.95 bits per heavy atom. The van der Waals surface area contributed by atoms with Crippen LogP contribution in [0.25, 0.3) is 0 Å². The van der Waals surface area contributed by atoms with Crippen molar-refractivity contribution in [1.82, 2.24) is 10.6 Å². The molecule has 0 spiro atoms. The maximum Gasteiger partial charge on any atom is 0.319 e. The fourth-order valence-electron chi connectivity index (χ4n) is 2.57. The quantitative estimate of drug-likeness (QED) is 0.706. The molecule has 22 heavy (non-hydrogen) atoms. The highest BCUT2D eigenvalue weighted by Gasteiger charge is 2.16. The number of amides is 3. The Labute approximate surface area is 135 Å². The van der Waals surface area contributed by atoms with E-state index in [4.69, 9.17) is 0 Å². The second kappa shape index (κ2) is 8.68. The Bertz CT molecular complexity index is 516. The number of thioether (sulfide) groups is 1. The van der Waals surface area contributed by atoms with Gasteiger partial charge in [-0.25, -0.2) is 4.79 Å². The summed E-state index contributed by atoms with van der Waals surface area (Å²) in [5.74, 6) is 0.0108. The van der Waals surface area contributed by atoms with E-state index in [1.807, 2.05) is 30.5 Å². The van der Waals surface area contributed by atoms with Crippen LogP contribution in [-0.4, -0.2) is 30.8 Å². The Balaban J connectivity index is 1.68. The second-order valence-corrected chi connectivity index (χ2v) is 6.23. The van der Waals surface area contributed by atoms with Crippen LogP contribution in [0.1, 0.15) is 32.1 Å². The monoisotopic (exact) mass is 321 g/mol. The predicted octanol–water partition coefficient (Wildman–Crippen LogP) is 2.98. The summed E-state index contributed by atoms with van der Waals surface area (Å²) in [5, 5.41) is 8.53. The van der Waals surface area contributed by atoms with Crippen molar-refractivity contribution in [1.29, 1.82) is 0 Å². The summed E-state index contributed by atoms with van der Waals surface area (Å²) in [4.78, 5) is 24.6. The summed E-state index contributed by atoms with van der Waals surface area (Å²) < 4.78 is 0. The van der Waals surface area contributed by atoms with E-state index in [1.54, 1.807) is 11.8 Å². The first-order valence-corrected chi connectivity index (χ1v) is 8.88. The molecule has 3 amide bonds. The van der Waals surface area contributed by atoms with Gasteiger partial charge in [-0.15, -0.1) is 11.8 Å². The molecule has 0 heterocycles. The van der Waals surface area contributed by atoms with E-state index in [9.17, 15) is 9.59 Å². The van der Waals surface area contributed by atoms with E-state index in [2.05, 4.69) is 16.0 Å². The van der Waals surface area contributed by atoms with Gasteiger partial charge in [0.05, 0.1) is 5.69 Å². The van der Waals surface area contributed by atoms with Gasteiger partial charge in [0.2, 0.25) is 5.91 Å². The van der Waals surface area contributed by atoms with Gasteiger partial charge in [-0.1, -0.05) is 25.0 Å². The molecular formula is C16H23N3O2S. The number of para-hydroxylation sites is 1. The normalized spacial score (nSPS) is 14.6. The Kier molecular flexibility index (Phi) is 6.58. The summed E-state index contributed by atoms with van der Waals surface area (Å²) in [6, 6.07) is 7.67. The van der Waals surface area contributed by atoms with Gasteiger partial charge >= 0.3 is 6.03 Å². The molecule has 0 radical (unpaired) electrons. The van der Waals surface area contributed by atoms with Crippen molar-refractivity contribution in [2.75, 3.05) is 18.1 Å². The van der Waals surface area contributed by atoms with Gasteiger partial charge in [0, 0.05) is 23.9 Å². The zero-order chi connectivity index (χ0) is 15.8. The lowest BCUT2D eigenvalue weighted by Crippen LogP contribution is -2.36. The van der Waals surface area contributed by atoms with Crippen molar-refractivity contribution in [3.63, 3.8) is 0 Å². The van der Waals surface area contributed by atoms with Crippen molar-refractivity contribution in [3.8, 4) is 0 Å². The van der Waals surface area contributed by atoms with Crippen LogP contribution in [0.15, 0.2) is 29.2 Å². The minimum atomic E-state index is -0.282. The minimum absolute atomic E-state index is 0.0108. The van der Waals surface area contributed by atoms with Gasteiger partial charge in [0.15, 0.2) is 0 Å². The van der Waals surface area contributed by atoms with Gasteiger partial charge in [-0.05, 0) is 31.2 Å². The highest BCUT2D eigenvalue weighted by molar-refractivity contribution is 7.98. The smallest absolute Gasteiger partial charge is 0.319 e. The molecule has 120 valence electrons. The summed E-state index contributed by atoms with van der Waals surface area (Å²) in [7, 11) is 0. The maximum atomic E-state index is 11.8. The van der Waals surface area contributed by atoms with Crippen LogP contribution in [0.5, 0.6) is 0 Å². The van der Waals surface area contributed by atoms with Crippen LogP contribution >= 0.6 is 11.8 Å². The highest BCUT2D eigenvalue weighted by Crippen LogP contribution is 2.24. The van der Waals surface area contributed by atoms with Gasteiger partial charge in [0.1, 0.15) is 0 Å². The first-order chi connectivity index (χ1) is 10.7. The predicted molar refractivity (Wildman–Crippen MR) is 90.3 cm³/mol. The molecule has 1 aromatic rings. The largest absolute Gasteiger partial charge is 0.353 e. The number of rotatable bonds is 6. The van der Waals surface area contributed by atoms with Crippen LogP contribution in [0.2, 0.25) is 0 Å². The fraction of sp³-hybridized carbons (Fsp3) is 0.500. The molecule has 0 atom stereocenters. The van der Waals surface area contributed by atoms with E-state index < -0.39 is 0 Å². The Morgan fingerprint density at radius 1 is 1.23 bits per heavy atom. The lowest BCUT2D eigenvalue weighted by Gasteiger charge is -2.13. The van der Waals surface area contributed by atoms with Crippen molar-refractivity contribution < 1.29 is 9.59 Å². The molecule has 1 aliphatic carbocycles. The molecule has 6 heteroatoms. The number of benzene rings is 1. The first-order valence-electron chi connectivity index (χ1n) is 7.66. The summed E-state index contributed by atoms with van der Waals surface area (Å²) in [6.45, 7) is 0.339. The molecule has 0 unspecified atom stereocenters. The molecule has 1 aromatic carbocycles. The number of hydrogen-bond donors (Lipinski definition) is 3. The standard InChI is InChI=1S/C16H23N3O2S/c1-22-14-9-5-4-8-13(14)19-16(21)17-11-10-15(20)18-12-6-2-3-7-12/h4-5,8-9,12H,2-3,6-7,10-11H2,1H3,(H,18,20)(H2,17,19,21). The topological polar surface area (TPSA) is 70.2 Å². The Hall–Kier alpha value is -1.69. The number of anilines is 1. The summed E-state index contributed by atoms with van der Waals surface area (Å²) in [6.07, 6.45) is 6.82. The van der Waals surface area contributed by atoms with Crippen molar-refractivity contribution in [2.45, 2.75) is 43.0 Å². The molecule has 0 bridgehead atoms. The molecule has 0 saturated heterocycles. The maximum absolute atomic E-state index is 11.8. The molecule has 1 fully saturated rings. The van der Waals surface area contributed by atoms with Gasteiger partial charge < -0.3 is 16.0 Å². The number of nitrogens with one attached hydrogen (secondary N) is 3. The number of carbonyl (C=O) groups excluding carboxylic acids is 2. The zero-order valence-electron chi connectivity index (χ0n) is 12.9. The lowest BCUT2D eigenvalue weighted by molar-refractivity contribution is -0.121. The Morgan fingerprint density at radius 3 is 2.68 bits per heavy atom. The van der Waals surface area contributed by atoms with E-state index in [-0.39, 0.29) is 11.9 Å². The van der Waals surface area contributed by atoms with E-state index in [0.717, 1.165) is 23.4 Å². The van der Waals surface area contributed by atoms with Crippen molar-refractivity contribution in [2.24, 2.45) is 0 Å². The van der Waals surface area contributed by atoms with Crippen LogP contribution < -0.4 is 16.0 Å². The van der Waals surface area contributed by atoms with Crippen molar-refractivity contribution >= 4 is 29.4 Å². The number of urea groups is 1. The minimum Gasteiger partial charge on any atom is -0.353 e. The third kappa shape index (κ3) is 5.26. The van der Waals surface area contributed by atoms with Crippen molar-refractivity contribution in [3.05, 3.63) is 24.3 Å². The number of hydrogen-bond acceptors (Lipinski definition) is 3. The molecule has 0 aromatic heterocycles. The molecular weight excluding hydrogens is 298 g/mol. The van der Waals surface area contributed by atoms with E-state index >= 15 is 0 Å². The SMILES string of the molecule is CSc1ccccc1NC(=O)NCCC(=O)NC1CCCC1. The summed E-state index contributed by atoms with van der Waals surface area (Å²) >= 11 is 1.58.